The standard InChI is InChI=1S/C19H17Cl2N3O3/c1-10-8-12(20)5-7-16(10)27-11(2)18(25)23-22-17-14-9-13(21)4-6-15(14)24(3)19(17)26/h4-9,11,26H,1-3H3. The van der Waals surface area contributed by atoms with Gasteiger partial charge in [0.15, 0.2) is 11.8 Å². The van der Waals surface area contributed by atoms with Crippen LogP contribution in [0.4, 0.5) is 5.69 Å². The maximum absolute atomic E-state index is 12.3. The lowest BCUT2D eigenvalue weighted by Gasteiger charge is -2.13. The molecule has 1 heterocycles. The van der Waals surface area contributed by atoms with Crippen LogP contribution < -0.4 is 4.74 Å². The number of benzene rings is 2. The summed E-state index contributed by atoms with van der Waals surface area (Å²) in [7, 11) is 1.68. The number of ether oxygens (including phenoxy) is 1. The fourth-order valence-corrected chi connectivity index (χ4v) is 3.05. The van der Waals surface area contributed by atoms with E-state index < -0.39 is 12.0 Å². The molecule has 1 atom stereocenters. The molecule has 0 spiro atoms. The fourth-order valence-electron chi connectivity index (χ4n) is 2.65. The molecule has 0 saturated heterocycles. The highest BCUT2D eigenvalue weighted by Gasteiger charge is 2.18. The zero-order chi connectivity index (χ0) is 19.7. The summed E-state index contributed by atoms with van der Waals surface area (Å²) in [6.07, 6.45) is -0.852. The summed E-state index contributed by atoms with van der Waals surface area (Å²) in [5, 5.41) is 19.6. The van der Waals surface area contributed by atoms with Crippen LogP contribution in [0.15, 0.2) is 46.6 Å². The normalized spacial score (nSPS) is 12.6. The van der Waals surface area contributed by atoms with Gasteiger partial charge in [0.25, 0.3) is 0 Å². The molecule has 0 saturated carbocycles. The minimum Gasteiger partial charge on any atom is -0.493 e. The van der Waals surface area contributed by atoms with Crippen molar-refractivity contribution in [3.8, 4) is 11.6 Å². The lowest BCUT2D eigenvalue weighted by molar-refractivity contribution is -0.124. The molecule has 0 bridgehead atoms. The van der Waals surface area contributed by atoms with Gasteiger partial charge in [0.2, 0.25) is 5.88 Å². The van der Waals surface area contributed by atoms with Crippen LogP contribution in [0.25, 0.3) is 10.9 Å². The number of aromatic nitrogens is 1. The first-order valence-corrected chi connectivity index (χ1v) is 8.89. The summed E-state index contributed by atoms with van der Waals surface area (Å²) in [6, 6.07) is 10.2. The first kappa shape index (κ1) is 19.2. The van der Waals surface area contributed by atoms with Gasteiger partial charge in [-0.1, -0.05) is 23.2 Å². The monoisotopic (exact) mass is 405 g/mol. The molecule has 1 N–H and O–H groups in total. The number of nitrogens with zero attached hydrogens (tertiary/aromatic N) is 3. The molecule has 1 aromatic heterocycles. The molecule has 3 rings (SSSR count). The number of aryl methyl sites for hydroxylation is 2. The minimum atomic E-state index is -0.852. The molecule has 0 aliphatic carbocycles. The van der Waals surface area contributed by atoms with E-state index in [4.69, 9.17) is 27.9 Å². The topological polar surface area (TPSA) is 76.2 Å². The maximum Gasteiger partial charge on any atom is 0.304 e. The molecule has 27 heavy (non-hydrogen) atoms. The van der Waals surface area contributed by atoms with E-state index >= 15 is 0 Å². The number of azo groups is 1. The molecule has 0 radical (unpaired) electrons. The molecule has 1 unspecified atom stereocenters. The number of aromatic hydroxyl groups is 1. The van der Waals surface area contributed by atoms with Crippen LogP contribution in [0, 0.1) is 6.92 Å². The molecule has 2 aromatic carbocycles. The number of hydrogen-bond acceptors (Lipinski definition) is 4. The highest BCUT2D eigenvalue weighted by molar-refractivity contribution is 6.31. The lowest BCUT2D eigenvalue weighted by atomic mass is 10.2. The maximum atomic E-state index is 12.3. The molecular weight excluding hydrogens is 389 g/mol. The third kappa shape index (κ3) is 3.91. The number of amides is 1. The summed E-state index contributed by atoms with van der Waals surface area (Å²) in [5.41, 5.74) is 1.71. The summed E-state index contributed by atoms with van der Waals surface area (Å²) in [4.78, 5) is 12.3. The number of halogens is 2. The van der Waals surface area contributed by atoms with Crippen molar-refractivity contribution >= 4 is 45.7 Å². The Hall–Kier alpha value is -2.57. The number of fused-ring (bicyclic) bond motifs is 1. The molecule has 140 valence electrons. The molecule has 0 aliphatic heterocycles. The Morgan fingerprint density at radius 3 is 2.56 bits per heavy atom. The Morgan fingerprint density at radius 2 is 1.85 bits per heavy atom. The Labute approximate surface area is 166 Å². The third-order valence-electron chi connectivity index (χ3n) is 4.14. The average Bonchev–Trinajstić information content (AvgIpc) is 2.85. The van der Waals surface area contributed by atoms with E-state index in [0.717, 1.165) is 11.1 Å². The van der Waals surface area contributed by atoms with E-state index in [1.165, 1.54) is 0 Å². The van der Waals surface area contributed by atoms with Gasteiger partial charge in [-0.15, -0.1) is 10.2 Å². The Morgan fingerprint density at radius 1 is 1.19 bits per heavy atom. The van der Waals surface area contributed by atoms with Crippen LogP contribution in [0.1, 0.15) is 12.5 Å². The SMILES string of the molecule is Cc1cc(Cl)ccc1OC(C)C(=O)N=Nc1c(O)n(C)c2ccc(Cl)cc12. The van der Waals surface area contributed by atoms with E-state index in [-0.39, 0.29) is 11.6 Å². The highest BCUT2D eigenvalue weighted by Crippen LogP contribution is 2.39. The summed E-state index contributed by atoms with van der Waals surface area (Å²) < 4.78 is 7.18. The average molecular weight is 406 g/mol. The number of carbonyl (C=O) groups excluding carboxylic acids is 1. The van der Waals surface area contributed by atoms with Crippen molar-refractivity contribution in [3.63, 3.8) is 0 Å². The Kier molecular flexibility index (Phi) is 5.39. The first-order valence-electron chi connectivity index (χ1n) is 8.13. The zero-order valence-corrected chi connectivity index (χ0v) is 16.4. The Bertz CT molecular complexity index is 1060. The second-order valence-electron chi connectivity index (χ2n) is 6.10. The second kappa shape index (κ2) is 7.58. The molecule has 6 nitrogen and oxygen atoms in total. The fraction of sp³-hybridized carbons (Fsp3) is 0.211. The van der Waals surface area contributed by atoms with Gasteiger partial charge in [0.05, 0.1) is 5.52 Å². The number of rotatable bonds is 4. The summed E-state index contributed by atoms with van der Waals surface area (Å²) in [6.45, 7) is 3.41. The van der Waals surface area contributed by atoms with Gasteiger partial charge >= 0.3 is 5.91 Å². The third-order valence-corrected chi connectivity index (χ3v) is 4.61. The van der Waals surface area contributed by atoms with Crippen molar-refractivity contribution in [1.82, 2.24) is 4.57 Å². The van der Waals surface area contributed by atoms with E-state index in [2.05, 4.69) is 10.2 Å². The highest BCUT2D eigenvalue weighted by atomic mass is 35.5. The quantitative estimate of drug-likeness (QED) is 0.575. The van der Waals surface area contributed by atoms with E-state index in [1.807, 2.05) is 6.92 Å². The lowest BCUT2D eigenvalue weighted by Crippen LogP contribution is -2.21. The largest absolute Gasteiger partial charge is 0.493 e. The first-order chi connectivity index (χ1) is 12.8. The molecule has 0 aliphatic rings. The number of hydrogen-bond donors (Lipinski definition) is 1. The van der Waals surface area contributed by atoms with Crippen molar-refractivity contribution in [2.45, 2.75) is 20.0 Å². The van der Waals surface area contributed by atoms with E-state index in [9.17, 15) is 9.90 Å². The van der Waals surface area contributed by atoms with Gasteiger partial charge in [-0.2, -0.15) is 0 Å². The molecule has 1 amide bonds. The van der Waals surface area contributed by atoms with Gasteiger partial charge in [0, 0.05) is 22.5 Å². The molecule has 0 fully saturated rings. The van der Waals surface area contributed by atoms with Crippen molar-refractivity contribution in [2.75, 3.05) is 0 Å². The van der Waals surface area contributed by atoms with Crippen LogP contribution in [0.2, 0.25) is 10.0 Å². The van der Waals surface area contributed by atoms with E-state index in [1.54, 1.807) is 54.9 Å². The van der Waals surface area contributed by atoms with Gasteiger partial charge < -0.3 is 14.4 Å². The second-order valence-corrected chi connectivity index (χ2v) is 6.97. The van der Waals surface area contributed by atoms with Crippen LogP contribution in [0.5, 0.6) is 11.6 Å². The predicted octanol–water partition coefficient (Wildman–Crippen LogP) is 5.58. The van der Waals surface area contributed by atoms with Crippen molar-refractivity contribution in [3.05, 3.63) is 52.0 Å². The minimum absolute atomic E-state index is 0.106. The van der Waals surface area contributed by atoms with E-state index in [0.29, 0.717) is 21.2 Å². The smallest absolute Gasteiger partial charge is 0.304 e. The summed E-state index contributed by atoms with van der Waals surface area (Å²) >= 11 is 11.9. The van der Waals surface area contributed by atoms with Crippen LogP contribution >= 0.6 is 23.2 Å². The van der Waals surface area contributed by atoms with Crippen molar-refractivity contribution in [2.24, 2.45) is 17.3 Å². The molecular formula is C19H17Cl2N3O3. The van der Waals surface area contributed by atoms with Crippen molar-refractivity contribution < 1.29 is 14.6 Å². The van der Waals surface area contributed by atoms with Crippen LogP contribution in [0.3, 0.4) is 0 Å². The molecule has 8 heteroatoms. The van der Waals surface area contributed by atoms with Crippen molar-refractivity contribution in [1.29, 1.82) is 0 Å². The van der Waals surface area contributed by atoms with Gasteiger partial charge in [0.1, 0.15) is 5.75 Å². The number of carbonyl (C=O) groups is 1. The van der Waals surface area contributed by atoms with Crippen LogP contribution in [-0.4, -0.2) is 21.7 Å². The van der Waals surface area contributed by atoms with Gasteiger partial charge in [-0.25, -0.2) is 0 Å². The molecule has 3 aromatic rings. The van der Waals surface area contributed by atoms with Gasteiger partial charge in [-0.05, 0) is 55.8 Å². The zero-order valence-electron chi connectivity index (χ0n) is 14.9. The predicted molar refractivity (Wildman–Crippen MR) is 105 cm³/mol. The summed E-state index contributed by atoms with van der Waals surface area (Å²) in [5.74, 6) is -0.149. The Balaban J connectivity index is 1.83. The van der Waals surface area contributed by atoms with Crippen LogP contribution in [-0.2, 0) is 11.8 Å². The van der Waals surface area contributed by atoms with Gasteiger partial charge in [-0.3, -0.25) is 4.79 Å².